The van der Waals surface area contributed by atoms with Crippen LogP contribution in [-0.2, 0) is 0 Å². The molecular weight excluding hydrogens is 246 g/mol. The van der Waals surface area contributed by atoms with Gasteiger partial charge in [-0.25, -0.2) is 5.01 Å². The molecule has 2 rings (SSSR count). The second-order valence-corrected chi connectivity index (χ2v) is 6.54. The van der Waals surface area contributed by atoms with Gasteiger partial charge in [0.05, 0.1) is 4.88 Å². The van der Waals surface area contributed by atoms with Crippen molar-refractivity contribution in [3.05, 3.63) is 4.88 Å². The second-order valence-electron chi connectivity index (χ2n) is 5.51. The van der Waals surface area contributed by atoms with Crippen molar-refractivity contribution in [3.63, 3.8) is 0 Å². The molecule has 2 N–H and O–H groups in total. The van der Waals surface area contributed by atoms with E-state index in [1.807, 2.05) is 0 Å². The van der Waals surface area contributed by atoms with Crippen LogP contribution in [0, 0.1) is 0 Å². The summed E-state index contributed by atoms with van der Waals surface area (Å²) in [7, 11) is 0. The third kappa shape index (κ3) is 2.78. The van der Waals surface area contributed by atoms with Gasteiger partial charge in [0.1, 0.15) is 0 Å². The predicted octanol–water partition coefficient (Wildman–Crippen LogP) is 3.56. The number of rotatable bonds is 3. The SMILES string of the molecule is CC(C)c1sc(NN2C(C)CCCC2C)nc1O. The van der Waals surface area contributed by atoms with E-state index in [0.717, 1.165) is 10.0 Å². The zero-order chi connectivity index (χ0) is 13.3. The molecule has 5 heteroatoms. The Balaban J connectivity index is 2.10. The van der Waals surface area contributed by atoms with E-state index in [1.54, 1.807) is 11.3 Å². The van der Waals surface area contributed by atoms with Gasteiger partial charge in [0.15, 0.2) is 0 Å². The molecule has 18 heavy (non-hydrogen) atoms. The lowest BCUT2D eigenvalue weighted by molar-refractivity contribution is 0.135. The number of piperidine rings is 1. The van der Waals surface area contributed by atoms with Gasteiger partial charge in [0, 0.05) is 12.1 Å². The second kappa shape index (κ2) is 5.45. The van der Waals surface area contributed by atoms with Gasteiger partial charge in [0.25, 0.3) is 0 Å². The molecule has 0 bridgehead atoms. The third-order valence-corrected chi connectivity index (χ3v) is 4.83. The molecule has 1 aliphatic rings. The third-order valence-electron chi connectivity index (χ3n) is 3.58. The molecular formula is C13H23N3OS. The maximum atomic E-state index is 9.80. The van der Waals surface area contributed by atoms with Crippen molar-refractivity contribution in [1.29, 1.82) is 0 Å². The number of aromatic hydroxyl groups is 1. The highest BCUT2D eigenvalue weighted by Gasteiger charge is 2.26. The fraction of sp³-hybridized carbons (Fsp3) is 0.769. The number of anilines is 1. The first-order chi connectivity index (χ1) is 8.49. The molecule has 1 aliphatic heterocycles. The Bertz CT molecular complexity index is 395. The van der Waals surface area contributed by atoms with Gasteiger partial charge in [0.2, 0.25) is 11.0 Å². The van der Waals surface area contributed by atoms with Gasteiger partial charge < -0.3 is 5.11 Å². The summed E-state index contributed by atoms with van der Waals surface area (Å²) in [5.41, 5.74) is 3.38. The molecule has 0 radical (unpaired) electrons. The smallest absolute Gasteiger partial charge is 0.227 e. The van der Waals surface area contributed by atoms with Gasteiger partial charge in [-0.1, -0.05) is 31.6 Å². The van der Waals surface area contributed by atoms with E-state index in [2.05, 4.69) is 43.1 Å². The number of nitrogens with zero attached hydrogens (tertiary/aromatic N) is 2. The first-order valence-electron chi connectivity index (χ1n) is 6.73. The van der Waals surface area contributed by atoms with Crippen LogP contribution in [0.2, 0.25) is 0 Å². The van der Waals surface area contributed by atoms with E-state index in [0.29, 0.717) is 18.0 Å². The molecule has 1 saturated heterocycles. The Morgan fingerprint density at radius 1 is 1.33 bits per heavy atom. The highest BCUT2D eigenvalue weighted by molar-refractivity contribution is 7.15. The highest BCUT2D eigenvalue weighted by atomic mass is 32.1. The zero-order valence-corrected chi connectivity index (χ0v) is 12.4. The fourth-order valence-corrected chi connectivity index (χ4v) is 3.36. The lowest BCUT2D eigenvalue weighted by Gasteiger charge is -2.38. The molecule has 2 atom stereocenters. The molecule has 0 aliphatic carbocycles. The Kier molecular flexibility index (Phi) is 4.12. The Morgan fingerprint density at radius 2 is 1.94 bits per heavy atom. The van der Waals surface area contributed by atoms with Gasteiger partial charge >= 0.3 is 0 Å². The van der Waals surface area contributed by atoms with Gasteiger partial charge in [-0.05, 0) is 32.6 Å². The molecule has 2 heterocycles. The van der Waals surface area contributed by atoms with E-state index < -0.39 is 0 Å². The molecule has 0 amide bonds. The van der Waals surface area contributed by atoms with Crippen LogP contribution < -0.4 is 5.43 Å². The number of nitrogens with one attached hydrogen (secondary N) is 1. The minimum atomic E-state index is 0.176. The van der Waals surface area contributed by atoms with Crippen LogP contribution >= 0.6 is 11.3 Å². The topological polar surface area (TPSA) is 48.4 Å². The predicted molar refractivity (Wildman–Crippen MR) is 76.1 cm³/mol. The quantitative estimate of drug-likeness (QED) is 0.881. The Labute approximate surface area is 113 Å². The number of hydrazine groups is 1. The molecule has 0 spiro atoms. The van der Waals surface area contributed by atoms with Crippen molar-refractivity contribution in [3.8, 4) is 5.88 Å². The normalized spacial score (nSPS) is 25.6. The van der Waals surface area contributed by atoms with E-state index in [9.17, 15) is 5.11 Å². The number of aromatic nitrogens is 1. The van der Waals surface area contributed by atoms with Gasteiger partial charge in [-0.2, -0.15) is 4.98 Å². The van der Waals surface area contributed by atoms with E-state index in [-0.39, 0.29) is 5.88 Å². The molecule has 102 valence electrons. The van der Waals surface area contributed by atoms with Crippen molar-refractivity contribution in [2.75, 3.05) is 5.43 Å². The first kappa shape index (κ1) is 13.6. The van der Waals surface area contributed by atoms with Crippen LogP contribution in [0.4, 0.5) is 5.13 Å². The molecule has 1 aromatic heterocycles. The lowest BCUT2D eigenvalue weighted by Crippen LogP contribution is -2.47. The van der Waals surface area contributed by atoms with Gasteiger partial charge in [-0.3, -0.25) is 5.43 Å². The van der Waals surface area contributed by atoms with Crippen LogP contribution in [0.5, 0.6) is 5.88 Å². The molecule has 0 saturated carbocycles. The summed E-state index contributed by atoms with van der Waals surface area (Å²) in [6, 6.07) is 1.03. The van der Waals surface area contributed by atoms with Crippen molar-refractivity contribution in [1.82, 2.24) is 9.99 Å². The van der Waals surface area contributed by atoms with Crippen LogP contribution in [0.1, 0.15) is 57.8 Å². The van der Waals surface area contributed by atoms with Crippen LogP contribution in [0.3, 0.4) is 0 Å². The van der Waals surface area contributed by atoms with E-state index >= 15 is 0 Å². The average molecular weight is 269 g/mol. The minimum absolute atomic E-state index is 0.176. The van der Waals surface area contributed by atoms with Crippen molar-refractivity contribution >= 4 is 16.5 Å². The van der Waals surface area contributed by atoms with Crippen LogP contribution in [0.25, 0.3) is 0 Å². The summed E-state index contributed by atoms with van der Waals surface area (Å²) < 4.78 is 0. The van der Waals surface area contributed by atoms with Gasteiger partial charge in [-0.15, -0.1) is 0 Å². The van der Waals surface area contributed by atoms with Crippen LogP contribution in [0.15, 0.2) is 0 Å². The summed E-state index contributed by atoms with van der Waals surface area (Å²) >= 11 is 1.55. The Morgan fingerprint density at radius 3 is 2.44 bits per heavy atom. The molecule has 1 aromatic rings. The summed E-state index contributed by atoms with van der Waals surface area (Å²) in [4.78, 5) is 5.17. The van der Waals surface area contributed by atoms with E-state index in [1.165, 1.54) is 19.3 Å². The standard InChI is InChI=1S/C13H23N3OS/c1-8(2)11-12(17)14-13(18-11)15-16-9(3)6-5-7-10(16)4/h8-10,17H,5-7H2,1-4H3,(H,14,15). The number of hydrogen-bond acceptors (Lipinski definition) is 5. The lowest BCUT2D eigenvalue weighted by atomic mass is 10.00. The van der Waals surface area contributed by atoms with Crippen molar-refractivity contribution < 1.29 is 5.11 Å². The summed E-state index contributed by atoms with van der Waals surface area (Å²) in [6.45, 7) is 8.62. The maximum Gasteiger partial charge on any atom is 0.227 e. The monoisotopic (exact) mass is 269 g/mol. The highest BCUT2D eigenvalue weighted by Crippen LogP contribution is 2.35. The number of thiazole rings is 1. The average Bonchev–Trinajstić information content (AvgIpc) is 2.65. The molecule has 2 unspecified atom stereocenters. The first-order valence-corrected chi connectivity index (χ1v) is 7.55. The fourth-order valence-electron chi connectivity index (χ4n) is 2.50. The Hall–Kier alpha value is -0.810. The maximum absolute atomic E-state index is 9.80. The summed E-state index contributed by atoms with van der Waals surface area (Å²) in [5.74, 6) is 0.490. The van der Waals surface area contributed by atoms with Crippen molar-refractivity contribution in [2.24, 2.45) is 0 Å². The van der Waals surface area contributed by atoms with Crippen LogP contribution in [-0.4, -0.2) is 27.2 Å². The van der Waals surface area contributed by atoms with Crippen molar-refractivity contribution in [2.45, 2.75) is 65.0 Å². The molecule has 1 fully saturated rings. The zero-order valence-electron chi connectivity index (χ0n) is 11.6. The number of hydrogen-bond donors (Lipinski definition) is 2. The van der Waals surface area contributed by atoms with E-state index in [4.69, 9.17) is 0 Å². The molecule has 4 nitrogen and oxygen atoms in total. The minimum Gasteiger partial charge on any atom is -0.492 e. The largest absolute Gasteiger partial charge is 0.492 e. The molecule has 0 aromatic carbocycles. The summed E-state index contributed by atoms with van der Waals surface area (Å²) in [6.07, 6.45) is 3.72. The summed E-state index contributed by atoms with van der Waals surface area (Å²) in [5, 5.41) is 12.9.